The summed E-state index contributed by atoms with van der Waals surface area (Å²) >= 11 is 0. The van der Waals surface area contributed by atoms with Gasteiger partial charge >= 0.3 is 0 Å². The topological polar surface area (TPSA) is 13.1 Å². The van der Waals surface area contributed by atoms with E-state index >= 15 is 0 Å². The Balaban J connectivity index is 1.30. The van der Waals surface area contributed by atoms with Gasteiger partial charge in [-0.15, -0.1) is 0 Å². The third kappa shape index (κ3) is 4.40. The lowest BCUT2D eigenvalue weighted by Crippen LogP contribution is -1.92. The van der Waals surface area contributed by atoms with Gasteiger partial charge in [0.15, 0.2) is 0 Å². The smallest absolute Gasteiger partial charge is 0.136 e. The molecule has 0 atom stereocenters. The second-order valence-corrected chi connectivity index (χ2v) is 12.4. The van der Waals surface area contributed by atoms with Crippen molar-refractivity contribution in [1.29, 1.82) is 0 Å². The number of rotatable bonds is 4. The average Bonchev–Trinajstić information content (AvgIpc) is 3.60. The van der Waals surface area contributed by atoms with Crippen molar-refractivity contribution >= 4 is 54.3 Å². The van der Waals surface area contributed by atoms with Crippen LogP contribution in [0.5, 0.6) is 0 Å². The molecule has 1 nitrogen and oxygen atoms in total. The van der Waals surface area contributed by atoms with Gasteiger partial charge in [-0.25, -0.2) is 0 Å². The summed E-state index contributed by atoms with van der Waals surface area (Å²) in [6, 6.07) is 50.5. The van der Waals surface area contributed by atoms with E-state index in [4.69, 9.17) is 11.3 Å². The highest BCUT2D eigenvalue weighted by Crippen LogP contribution is 2.48. The van der Waals surface area contributed by atoms with Gasteiger partial charge in [0.1, 0.15) is 11.2 Å². The van der Waals surface area contributed by atoms with E-state index < -0.39 is 6.04 Å². The summed E-state index contributed by atoms with van der Waals surface area (Å²) in [5, 5.41) is 8.08. The number of hydrogen-bond acceptors (Lipinski definition) is 1. The first kappa shape index (κ1) is 23.0. The van der Waals surface area contributed by atoms with Crippen molar-refractivity contribution < 1.29 is 11.3 Å². The molecule has 49 heavy (non-hydrogen) atoms. The first-order valence-corrected chi connectivity index (χ1v) is 16.4. The SMILES string of the molecule is [2H]c1c([2H])c([2H])c(-c2cc(-c3c4ccccc4c(-c4cccc5oc6ccc(-c7ccccc7)cc6c45)c4ccccc34)cc3ccccc23)c([2H])c1[2H]. The van der Waals surface area contributed by atoms with Crippen molar-refractivity contribution in [2.24, 2.45) is 0 Å². The Morgan fingerprint density at radius 2 is 1.02 bits per heavy atom. The van der Waals surface area contributed by atoms with E-state index in [-0.39, 0.29) is 29.7 Å². The predicted molar refractivity (Wildman–Crippen MR) is 208 cm³/mol. The van der Waals surface area contributed by atoms with Crippen molar-refractivity contribution in [1.82, 2.24) is 0 Å². The third-order valence-corrected chi connectivity index (χ3v) is 9.72. The highest BCUT2D eigenvalue weighted by atomic mass is 16.3. The van der Waals surface area contributed by atoms with Gasteiger partial charge in [0.25, 0.3) is 0 Å². The molecule has 228 valence electrons. The maximum Gasteiger partial charge on any atom is 0.136 e. The van der Waals surface area contributed by atoms with Crippen LogP contribution in [0.25, 0.3) is 98.8 Å². The molecule has 0 saturated carbocycles. The fraction of sp³-hybridized carbons (Fsp3) is 0. The van der Waals surface area contributed by atoms with Crippen molar-refractivity contribution in [3.05, 3.63) is 182 Å². The molecule has 0 aliphatic rings. The molecule has 1 heterocycles. The van der Waals surface area contributed by atoms with Gasteiger partial charge in [-0.05, 0) is 107 Å². The largest absolute Gasteiger partial charge is 0.456 e. The molecule has 0 bridgehead atoms. The van der Waals surface area contributed by atoms with Gasteiger partial charge in [-0.2, -0.15) is 0 Å². The minimum atomic E-state index is -0.404. The highest BCUT2D eigenvalue weighted by molar-refractivity contribution is 6.26. The molecule has 1 aromatic heterocycles. The zero-order chi connectivity index (χ0) is 36.7. The normalized spacial score (nSPS) is 13.1. The molecule has 10 aromatic rings. The maximum atomic E-state index is 8.90. The van der Waals surface area contributed by atoms with E-state index in [1.165, 1.54) is 0 Å². The molecule has 10 rings (SSSR count). The lowest BCUT2D eigenvalue weighted by atomic mass is 9.83. The van der Waals surface area contributed by atoms with Crippen LogP contribution in [0.4, 0.5) is 0 Å². The van der Waals surface area contributed by atoms with Crippen LogP contribution in [0, 0.1) is 0 Å². The third-order valence-electron chi connectivity index (χ3n) is 9.72. The van der Waals surface area contributed by atoms with E-state index in [2.05, 4.69) is 109 Å². The Morgan fingerprint density at radius 1 is 0.367 bits per heavy atom. The van der Waals surface area contributed by atoms with Crippen molar-refractivity contribution in [2.75, 3.05) is 0 Å². The van der Waals surface area contributed by atoms with Crippen LogP contribution in [0.15, 0.2) is 186 Å². The Bertz CT molecular complexity index is 3080. The van der Waals surface area contributed by atoms with E-state index in [1.54, 1.807) is 0 Å². The Hall–Kier alpha value is -6.44. The molecule has 0 unspecified atom stereocenters. The lowest BCUT2D eigenvalue weighted by molar-refractivity contribution is 0.669. The molecule has 0 radical (unpaired) electrons. The minimum Gasteiger partial charge on any atom is -0.456 e. The molecule has 0 aliphatic carbocycles. The molecule has 0 fully saturated rings. The summed E-state index contributed by atoms with van der Waals surface area (Å²) in [5.41, 5.74) is 8.81. The summed E-state index contributed by atoms with van der Waals surface area (Å²) in [6.45, 7) is 0. The monoisotopic (exact) mass is 627 g/mol. The summed E-state index contributed by atoms with van der Waals surface area (Å²) in [6.07, 6.45) is 0. The van der Waals surface area contributed by atoms with Crippen LogP contribution >= 0.6 is 0 Å². The number of fused-ring (bicyclic) bond motifs is 6. The summed E-state index contributed by atoms with van der Waals surface area (Å²) in [7, 11) is 0. The summed E-state index contributed by atoms with van der Waals surface area (Å²) < 4.78 is 49.5. The second kappa shape index (κ2) is 11.1. The molecule has 1 heteroatoms. The van der Waals surface area contributed by atoms with Gasteiger partial charge in [0, 0.05) is 10.8 Å². The van der Waals surface area contributed by atoms with Gasteiger partial charge < -0.3 is 4.42 Å². The fourth-order valence-corrected chi connectivity index (χ4v) is 7.62. The molecule has 0 amide bonds. The van der Waals surface area contributed by atoms with E-state index in [0.717, 1.165) is 87.6 Å². The van der Waals surface area contributed by atoms with Crippen LogP contribution in [-0.2, 0) is 0 Å². The van der Waals surface area contributed by atoms with Crippen LogP contribution in [0.3, 0.4) is 0 Å². The highest BCUT2D eigenvalue weighted by Gasteiger charge is 2.21. The molecule has 0 spiro atoms. The fourth-order valence-electron chi connectivity index (χ4n) is 7.62. The molecule has 9 aromatic carbocycles. The molecule has 0 N–H and O–H groups in total. The van der Waals surface area contributed by atoms with E-state index in [9.17, 15) is 0 Å². The maximum absolute atomic E-state index is 8.90. The predicted octanol–water partition coefficient (Wildman–Crippen LogP) is 13.7. The average molecular weight is 628 g/mol. The molecular formula is C48H30O. The van der Waals surface area contributed by atoms with Crippen LogP contribution in [-0.4, -0.2) is 0 Å². The van der Waals surface area contributed by atoms with Crippen LogP contribution in [0.2, 0.25) is 0 Å². The number of benzene rings is 9. The van der Waals surface area contributed by atoms with Gasteiger partial charge in [0.05, 0.1) is 6.85 Å². The first-order chi connectivity index (χ1) is 26.4. The van der Waals surface area contributed by atoms with Gasteiger partial charge in [-0.1, -0.05) is 152 Å². The van der Waals surface area contributed by atoms with E-state index in [0.29, 0.717) is 5.56 Å². The first-order valence-electron chi connectivity index (χ1n) is 18.9. The van der Waals surface area contributed by atoms with E-state index in [1.807, 2.05) is 42.5 Å². The Labute approximate surface area is 291 Å². The van der Waals surface area contributed by atoms with Gasteiger partial charge in [-0.3, -0.25) is 0 Å². The quantitative estimate of drug-likeness (QED) is 0.177. The van der Waals surface area contributed by atoms with Crippen molar-refractivity contribution in [3.8, 4) is 44.5 Å². The zero-order valence-electron chi connectivity index (χ0n) is 31.3. The zero-order valence-corrected chi connectivity index (χ0v) is 26.3. The summed E-state index contributed by atoms with van der Waals surface area (Å²) in [5.74, 6) is 0. The lowest BCUT2D eigenvalue weighted by Gasteiger charge is -2.19. The number of furan rings is 1. The van der Waals surface area contributed by atoms with Crippen LogP contribution < -0.4 is 0 Å². The standard InChI is InChI=1S/C48H30O/c1-3-14-31(15-4-1)33-26-27-44-43(29-33)48-41(24-13-25-45(48)49-44)47-39-22-11-9-20-37(39)46(38-21-10-12-23-40(38)47)35-28-34-18-7-8-19-36(34)42(30-35)32-16-5-2-6-17-32/h1-30H/i2D,5D,6D,16D,17D. The molecule has 0 saturated heterocycles. The van der Waals surface area contributed by atoms with Crippen molar-refractivity contribution in [2.45, 2.75) is 0 Å². The minimum absolute atomic E-state index is 0.192. The Kier molecular flexibility index (Phi) is 5.20. The summed E-state index contributed by atoms with van der Waals surface area (Å²) in [4.78, 5) is 0. The number of hydrogen-bond donors (Lipinski definition) is 0. The Morgan fingerprint density at radius 3 is 1.76 bits per heavy atom. The van der Waals surface area contributed by atoms with Crippen molar-refractivity contribution in [3.63, 3.8) is 0 Å². The van der Waals surface area contributed by atoms with Gasteiger partial charge in [0.2, 0.25) is 0 Å². The molecule has 0 aliphatic heterocycles. The molecular weight excluding hydrogens is 593 g/mol. The second-order valence-electron chi connectivity index (χ2n) is 12.4. The van der Waals surface area contributed by atoms with Crippen LogP contribution in [0.1, 0.15) is 6.85 Å².